The van der Waals surface area contributed by atoms with Crippen molar-refractivity contribution in [3.8, 4) is 0 Å². The first kappa shape index (κ1) is 18.0. The quantitative estimate of drug-likeness (QED) is 0.903. The molecule has 5 heteroatoms. The zero-order chi connectivity index (χ0) is 14.5. The lowest BCUT2D eigenvalue weighted by Crippen LogP contribution is -2.40. The fraction of sp³-hybridized carbons (Fsp3) is 0.562. The van der Waals surface area contributed by atoms with Crippen molar-refractivity contribution >= 4 is 18.3 Å². The van der Waals surface area contributed by atoms with Crippen LogP contribution < -0.4 is 5.73 Å². The lowest BCUT2D eigenvalue weighted by molar-refractivity contribution is -0.132. The highest BCUT2D eigenvalue weighted by Crippen LogP contribution is 2.18. The largest absolute Gasteiger partial charge is 0.341 e. The average molecular weight is 312 g/mol. The molecule has 0 saturated carbocycles. The molecule has 1 aromatic carbocycles. The first-order chi connectivity index (χ1) is 9.56. The van der Waals surface area contributed by atoms with Gasteiger partial charge in [-0.25, -0.2) is 0 Å². The molecule has 0 aromatic heterocycles. The lowest BCUT2D eigenvalue weighted by atomic mass is 10.2. The SMILES string of the molecule is CC(N)CC(=O)N(C)C1CCN(Cc2ccccc2)C1.Cl. The predicted molar refractivity (Wildman–Crippen MR) is 88.4 cm³/mol. The van der Waals surface area contributed by atoms with Crippen LogP contribution in [0, 0.1) is 0 Å². The van der Waals surface area contributed by atoms with E-state index in [1.807, 2.05) is 24.9 Å². The van der Waals surface area contributed by atoms with E-state index < -0.39 is 0 Å². The zero-order valence-electron chi connectivity index (χ0n) is 12.9. The van der Waals surface area contributed by atoms with Gasteiger partial charge in [-0.05, 0) is 18.9 Å². The minimum absolute atomic E-state index is 0. The molecule has 1 aromatic rings. The third-order valence-corrected chi connectivity index (χ3v) is 3.93. The van der Waals surface area contributed by atoms with E-state index in [9.17, 15) is 4.79 Å². The molecule has 0 bridgehead atoms. The minimum atomic E-state index is -0.0632. The van der Waals surface area contributed by atoms with Crippen LogP contribution in [0.4, 0.5) is 0 Å². The molecule has 2 atom stereocenters. The molecule has 118 valence electrons. The molecular weight excluding hydrogens is 286 g/mol. The smallest absolute Gasteiger partial charge is 0.224 e. The van der Waals surface area contributed by atoms with E-state index in [4.69, 9.17) is 5.73 Å². The van der Waals surface area contributed by atoms with Crippen LogP contribution in [-0.2, 0) is 11.3 Å². The molecule has 1 aliphatic rings. The van der Waals surface area contributed by atoms with Crippen molar-refractivity contribution in [3.63, 3.8) is 0 Å². The topological polar surface area (TPSA) is 49.6 Å². The number of likely N-dealkylation sites (N-methyl/N-ethyl adjacent to an activating group) is 1. The summed E-state index contributed by atoms with van der Waals surface area (Å²) in [6, 6.07) is 10.7. The molecule has 2 rings (SSSR count). The summed E-state index contributed by atoms with van der Waals surface area (Å²) in [4.78, 5) is 16.3. The van der Waals surface area contributed by atoms with Gasteiger partial charge in [0.1, 0.15) is 0 Å². The molecular formula is C16H26ClN3O. The Morgan fingerprint density at radius 3 is 2.71 bits per heavy atom. The van der Waals surface area contributed by atoms with Gasteiger partial charge in [-0.2, -0.15) is 0 Å². The maximum Gasteiger partial charge on any atom is 0.224 e. The van der Waals surface area contributed by atoms with E-state index in [1.54, 1.807) is 0 Å². The van der Waals surface area contributed by atoms with Gasteiger partial charge in [0, 0.05) is 45.2 Å². The lowest BCUT2D eigenvalue weighted by Gasteiger charge is -2.25. The van der Waals surface area contributed by atoms with Crippen molar-refractivity contribution in [3.05, 3.63) is 35.9 Å². The molecule has 1 saturated heterocycles. The van der Waals surface area contributed by atoms with Gasteiger partial charge >= 0.3 is 0 Å². The van der Waals surface area contributed by atoms with E-state index in [1.165, 1.54) is 5.56 Å². The second-order valence-corrected chi connectivity index (χ2v) is 5.85. The number of likely N-dealkylation sites (tertiary alicyclic amines) is 1. The summed E-state index contributed by atoms with van der Waals surface area (Å²) in [6.07, 6.45) is 1.49. The Labute approximate surface area is 133 Å². The summed E-state index contributed by atoms with van der Waals surface area (Å²) in [5.41, 5.74) is 7.03. The predicted octanol–water partition coefficient (Wildman–Crippen LogP) is 1.88. The van der Waals surface area contributed by atoms with Crippen LogP contribution in [0.1, 0.15) is 25.3 Å². The van der Waals surface area contributed by atoms with Crippen LogP contribution in [0.25, 0.3) is 0 Å². The number of amides is 1. The molecule has 4 nitrogen and oxygen atoms in total. The number of nitrogens with zero attached hydrogens (tertiary/aromatic N) is 2. The molecule has 1 amide bonds. The van der Waals surface area contributed by atoms with Crippen LogP contribution in [0.3, 0.4) is 0 Å². The van der Waals surface area contributed by atoms with Crippen LogP contribution >= 0.6 is 12.4 Å². The van der Waals surface area contributed by atoms with E-state index in [0.29, 0.717) is 12.5 Å². The van der Waals surface area contributed by atoms with Gasteiger partial charge in [-0.1, -0.05) is 30.3 Å². The number of nitrogens with two attached hydrogens (primary N) is 1. The Morgan fingerprint density at radius 1 is 1.43 bits per heavy atom. The average Bonchev–Trinajstić information content (AvgIpc) is 2.86. The highest BCUT2D eigenvalue weighted by Gasteiger charge is 2.28. The zero-order valence-corrected chi connectivity index (χ0v) is 13.7. The number of carbonyl (C=O) groups excluding carboxylic acids is 1. The van der Waals surface area contributed by atoms with Crippen molar-refractivity contribution in [2.24, 2.45) is 5.73 Å². The Kier molecular flexibility index (Phi) is 7.15. The van der Waals surface area contributed by atoms with Crippen molar-refractivity contribution in [1.82, 2.24) is 9.80 Å². The molecule has 1 fully saturated rings. The standard InChI is InChI=1S/C16H25N3O.ClH/c1-13(17)10-16(20)18(2)15-8-9-19(12-15)11-14-6-4-3-5-7-14;/h3-7,13,15H,8-12,17H2,1-2H3;1H. The molecule has 2 N–H and O–H groups in total. The van der Waals surface area contributed by atoms with Gasteiger partial charge in [0.15, 0.2) is 0 Å². The minimum Gasteiger partial charge on any atom is -0.341 e. The summed E-state index contributed by atoms with van der Waals surface area (Å²) in [7, 11) is 1.90. The van der Waals surface area contributed by atoms with Crippen molar-refractivity contribution in [2.45, 2.75) is 38.4 Å². The molecule has 2 unspecified atom stereocenters. The number of hydrogen-bond donors (Lipinski definition) is 1. The van der Waals surface area contributed by atoms with Crippen molar-refractivity contribution in [2.75, 3.05) is 20.1 Å². The van der Waals surface area contributed by atoms with E-state index >= 15 is 0 Å². The molecule has 0 spiro atoms. The Hall–Kier alpha value is -1.10. The highest BCUT2D eigenvalue weighted by molar-refractivity contribution is 5.85. The van der Waals surface area contributed by atoms with Gasteiger partial charge in [0.2, 0.25) is 5.91 Å². The maximum absolute atomic E-state index is 12.0. The van der Waals surface area contributed by atoms with Crippen LogP contribution in [0.2, 0.25) is 0 Å². The summed E-state index contributed by atoms with van der Waals surface area (Å²) < 4.78 is 0. The number of rotatable bonds is 5. The third kappa shape index (κ3) is 5.30. The normalized spacial score (nSPS) is 19.9. The van der Waals surface area contributed by atoms with Gasteiger partial charge in [0.25, 0.3) is 0 Å². The van der Waals surface area contributed by atoms with Crippen LogP contribution in [-0.4, -0.2) is 47.9 Å². The van der Waals surface area contributed by atoms with Crippen molar-refractivity contribution < 1.29 is 4.79 Å². The van der Waals surface area contributed by atoms with Gasteiger partial charge in [-0.3, -0.25) is 9.69 Å². The number of halogens is 1. The Morgan fingerprint density at radius 2 is 2.10 bits per heavy atom. The summed E-state index contributed by atoms with van der Waals surface area (Å²) in [6.45, 7) is 4.85. The van der Waals surface area contributed by atoms with Gasteiger partial charge in [-0.15, -0.1) is 12.4 Å². The number of benzene rings is 1. The fourth-order valence-electron chi connectivity index (χ4n) is 2.74. The van der Waals surface area contributed by atoms with Gasteiger partial charge < -0.3 is 10.6 Å². The molecule has 0 radical (unpaired) electrons. The first-order valence-electron chi connectivity index (χ1n) is 7.34. The number of hydrogen-bond acceptors (Lipinski definition) is 3. The van der Waals surface area contributed by atoms with Gasteiger partial charge in [0.05, 0.1) is 0 Å². The monoisotopic (exact) mass is 311 g/mol. The van der Waals surface area contributed by atoms with Crippen LogP contribution in [0.5, 0.6) is 0 Å². The fourth-order valence-corrected chi connectivity index (χ4v) is 2.74. The van der Waals surface area contributed by atoms with E-state index in [-0.39, 0.29) is 24.4 Å². The maximum atomic E-state index is 12.0. The molecule has 1 heterocycles. The second kappa shape index (κ2) is 8.37. The van der Waals surface area contributed by atoms with E-state index in [0.717, 1.165) is 26.1 Å². The second-order valence-electron chi connectivity index (χ2n) is 5.85. The number of carbonyl (C=O) groups is 1. The summed E-state index contributed by atoms with van der Waals surface area (Å²) >= 11 is 0. The Balaban J connectivity index is 0.00000220. The molecule has 0 aliphatic carbocycles. The Bertz CT molecular complexity index is 438. The molecule has 1 aliphatic heterocycles. The van der Waals surface area contributed by atoms with E-state index in [2.05, 4.69) is 29.2 Å². The van der Waals surface area contributed by atoms with Crippen molar-refractivity contribution in [1.29, 1.82) is 0 Å². The molecule has 21 heavy (non-hydrogen) atoms. The first-order valence-corrected chi connectivity index (χ1v) is 7.34. The van der Waals surface area contributed by atoms with Crippen LogP contribution in [0.15, 0.2) is 30.3 Å². The highest BCUT2D eigenvalue weighted by atomic mass is 35.5. The summed E-state index contributed by atoms with van der Waals surface area (Å²) in [5.74, 6) is 0.159. The summed E-state index contributed by atoms with van der Waals surface area (Å²) in [5, 5.41) is 0. The third-order valence-electron chi connectivity index (χ3n) is 3.93.